The zero-order valence-corrected chi connectivity index (χ0v) is 18.0. The molecule has 10 heteroatoms. The van der Waals surface area contributed by atoms with Crippen LogP contribution in [-0.2, 0) is 9.59 Å². The summed E-state index contributed by atoms with van der Waals surface area (Å²) < 4.78 is 5.28. The lowest BCUT2D eigenvalue weighted by atomic mass is 9.92. The zero-order valence-electron chi connectivity index (χ0n) is 17.3. The molecule has 0 saturated carbocycles. The van der Waals surface area contributed by atoms with Crippen LogP contribution in [0.3, 0.4) is 0 Å². The Morgan fingerprint density at radius 3 is 2.75 bits per heavy atom. The number of methoxy groups -OCH3 is 1. The van der Waals surface area contributed by atoms with E-state index in [9.17, 15) is 14.4 Å². The number of aromatic amines is 1. The first-order valence-corrected chi connectivity index (χ1v) is 10.1. The number of anilines is 4. The van der Waals surface area contributed by atoms with Crippen LogP contribution in [0.1, 0.15) is 23.5 Å². The van der Waals surface area contributed by atoms with Crippen molar-refractivity contribution >= 4 is 46.6 Å². The minimum absolute atomic E-state index is 0.0319. The lowest BCUT2D eigenvalue weighted by Crippen LogP contribution is -2.36. The monoisotopic (exact) mass is 453 g/mol. The Kier molecular flexibility index (Phi) is 5.83. The van der Waals surface area contributed by atoms with E-state index in [1.807, 2.05) is 6.92 Å². The number of rotatable bonds is 5. The van der Waals surface area contributed by atoms with Gasteiger partial charge in [0.25, 0.3) is 5.56 Å². The Morgan fingerprint density at radius 1 is 1.22 bits per heavy atom. The average molecular weight is 454 g/mol. The molecule has 9 nitrogen and oxygen atoms in total. The molecule has 4 N–H and O–H groups in total. The molecule has 0 radical (unpaired) electrons. The molecule has 0 saturated heterocycles. The molecule has 2 heterocycles. The van der Waals surface area contributed by atoms with E-state index in [2.05, 4.69) is 25.9 Å². The van der Waals surface area contributed by atoms with Gasteiger partial charge in [-0.3, -0.25) is 19.4 Å². The van der Waals surface area contributed by atoms with Crippen molar-refractivity contribution in [2.24, 2.45) is 0 Å². The summed E-state index contributed by atoms with van der Waals surface area (Å²) in [4.78, 5) is 45.0. The number of ether oxygens (including phenoxy) is 1. The lowest BCUT2D eigenvalue weighted by molar-refractivity contribution is -0.123. The molecular weight excluding hydrogens is 434 g/mol. The maximum Gasteiger partial charge on any atom is 0.258 e. The summed E-state index contributed by atoms with van der Waals surface area (Å²) >= 11 is 6.12. The normalized spacial score (nSPS) is 14.8. The van der Waals surface area contributed by atoms with Crippen molar-refractivity contribution in [3.05, 3.63) is 69.0 Å². The minimum atomic E-state index is -1.00. The van der Waals surface area contributed by atoms with Gasteiger partial charge in [-0.15, -0.1) is 0 Å². The van der Waals surface area contributed by atoms with Crippen molar-refractivity contribution < 1.29 is 14.3 Å². The molecule has 2 amide bonds. The Balaban J connectivity index is 1.64. The number of hydrogen-bond acceptors (Lipinski definition) is 6. The van der Waals surface area contributed by atoms with E-state index in [0.717, 1.165) is 5.56 Å². The highest BCUT2D eigenvalue weighted by molar-refractivity contribution is 6.31. The molecule has 0 fully saturated rings. The van der Waals surface area contributed by atoms with Crippen LogP contribution >= 0.6 is 11.6 Å². The summed E-state index contributed by atoms with van der Waals surface area (Å²) in [5.74, 6) is -1.24. The van der Waals surface area contributed by atoms with Gasteiger partial charge in [-0.1, -0.05) is 29.8 Å². The third kappa shape index (κ3) is 4.28. The Morgan fingerprint density at radius 2 is 2.00 bits per heavy atom. The van der Waals surface area contributed by atoms with Crippen LogP contribution in [0.25, 0.3) is 0 Å². The summed E-state index contributed by atoms with van der Waals surface area (Å²) in [6, 6.07) is 12.2. The number of carbonyl (C=O) groups is 2. The number of halogens is 1. The first-order valence-electron chi connectivity index (χ1n) is 9.77. The van der Waals surface area contributed by atoms with Crippen LogP contribution in [0.4, 0.5) is 23.1 Å². The number of amides is 2. The smallest absolute Gasteiger partial charge is 0.258 e. The summed E-state index contributed by atoms with van der Waals surface area (Å²) in [7, 11) is 1.52. The van der Waals surface area contributed by atoms with E-state index in [1.165, 1.54) is 7.11 Å². The third-order valence-corrected chi connectivity index (χ3v) is 5.47. The van der Waals surface area contributed by atoms with Crippen molar-refractivity contribution in [2.45, 2.75) is 19.3 Å². The number of carbonyl (C=O) groups excluding carboxylic acids is 2. The topological polar surface area (TPSA) is 125 Å². The molecule has 164 valence electrons. The van der Waals surface area contributed by atoms with Crippen molar-refractivity contribution in [2.75, 3.05) is 23.1 Å². The maximum absolute atomic E-state index is 12.9. The average Bonchev–Trinajstić information content (AvgIpc) is 2.75. The maximum atomic E-state index is 12.9. The largest absolute Gasteiger partial charge is 0.495 e. The highest BCUT2D eigenvalue weighted by atomic mass is 35.5. The number of aromatic nitrogens is 2. The van der Waals surface area contributed by atoms with Gasteiger partial charge in [-0.05, 0) is 36.8 Å². The number of nitrogens with zero attached hydrogens (tertiary/aromatic N) is 1. The highest BCUT2D eigenvalue weighted by Crippen LogP contribution is 2.31. The van der Waals surface area contributed by atoms with Crippen molar-refractivity contribution in [1.82, 2.24) is 9.97 Å². The third-order valence-electron chi connectivity index (χ3n) is 5.07. The van der Waals surface area contributed by atoms with E-state index in [1.54, 1.807) is 42.5 Å². The molecule has 1 aliphatic rings. The van der Waals surface area contributed by atoms with E-state index < -0.39 is 23.3 Å². The molecule has 0 spiro atoms. The number of fused-ring (bicyclic) bond motifs is 1. The zero-order chi connectivity index (χ0) is 22.8. The summed E-state index contributed by atoms with van der Waals surface area (Å²) in [6.45, 7) is 1.84. The molecule has 2 aromatic carbocycles. The first-order chi connectivity index (χ1) is 15.4. The van der Waals surface area contributed by atoms with Gasteiger partial charge >= 0.3 is 0 Å². The molecular formula is C22H20ClN5O4. The second-order valence-electron chi connectivity index (χ2n) is 7.26. The van der Waals surface area contributed by atoms with Gasteiger partial charge in [0.05, 0.1) is 24.3 Å². The molecule has 32 heavy (non-hydrogen) atoms. The first kappa shape index (κ1) is 21.4. The molecule has 3 aromatic rings. The molecule has 0 bridgehead atoms. The number of H-pyrrole nitrogens is 1. The number of aryl methyl sites for hydroxylation is 1. The summed E-state index contributed by atoms with van der Waals surface area (Å²) in [5.41, 5.74) is 1.46. The Hall–Kier alpha value is -3.85. The van der Waals surface area contributed by atoms with Crippen LogP contribution in [0, 0.1) is 6.92 Å². The number of para-hydroxylation sites is 2. The lowest BCUT2D eigenvalue weighted by Gasteiger charge is -2.24. The van der Waals surface area contributed by atoms with E-state index in [4.69, 9.17) is 16.3 Å². The number of nitrogens with one attached hydrogen (secondary N) is 4. The number of benzene rings is 2. The van der Waals surface area contributed by atoms with Gasteiger partial charge in [0.1, 0.15) is 11.6 Å². The van der Waals surface area contributed by atoms with E-state index in [0.29, 0.717) is 22.1 Å². The quantitative estimate of drug-likeness (QED) is 0.468. The molecule has 1 aromatic heterocycles. The summed E-state index contributed by atoms with van der Waals surface area (Å²) in [6.07, 6.45) is -0.178. The van der Waals surface area contributed by atoms with Gasteiger partial charge < -0.3 is 20.7 Å². The molecule has 1 atom stereocenters. The van der Waals surface area contributed by atoms with Gasteiger partial charge in [-0.25, -0.2) is 0 Å². The fourth-order valence-corrected chi connectivity index (χ4v) is 3.61. The number of hydrogen-bond donors (Lipinski definition) is 4. The second-order valence-corrected chi connectivity index (χ2v) is 7.67. The minimum Gasteiger partial charge on any atom is -0.495 e. The second kappa shape index (κ2) is 8.72. The molecule has 1 aliphatic heterocycles. The van der Waals surface area contributed by atoms with Crippen molar-refractivity contribution in [3.63, 3.8) is 0 Å². The Labute approximate surface area is 188 Å². The van der Waals surface area contributed by atoms with Gasteiger partial charge in [0, 0.05) is 17.1 Å². The standard InChI is InChI=1S/C22H20ClN5O4/c1-11-7-8-12(9-14(11)23)24-20(30)13-10-17(29)26-19-18(13)21(31)28-22(27-19)25-15-5-3-4-6-16(15)32-2/h3-9,13H,10H2,1-2H3,(H,24,30)(H3,25,26,27,28,29,31)/t13-/m1/s1. The van der Waals surface area contributed by atoms with E-state index >= 15 is 0 Å². The van der Waals surface area contributed by atoms with Crippen molar-refractivity contribution in [3.8, 4) is 5.75 Å². The van der Waals surface area contributed by atoms with Gasteiger partial charge in [0.2, 0.25) is 17.8 Å². The fourth-order valence-electron chi connectivity index (χ4n) is 3.43. The predicted molar refractivity (Wildman–Crippen MR) is 122 cm³/mol. The van der Waals surface area contributed by atoms with Gasteiger partial charge in [-0.2, -0.15) is 4.98 Å². The van der Waals surface area contributed by atoms with Crippen molar-refractivity contribution in [1.29, 1.82) is 0 Å². The molecule has 0 unspecified atom stereocenters. The fraction of sp³-hybridized carbons (Fsp3) is 0.182. The predicted octanol–water partition coefficient (Wildman–Crippen LogP) is 3.55. The highest BCUT2D eigenvalue weighted by Gasteiger charge is 2.34. The van der Waals surface area contributed by atoms with Crippen LogP contribution in [0.5, 0.6) is 5.75 Å². The summed E-state index contributed by atoms with van der Waals surface area (Å²) in [5, 5.41) is 8.76. The van der Waals surface area contributed by atoms with Crippen LogP contribution in [-0.4, -0.2) is 28.9 Å². The van der Waals surface area contributed by atoms with Crippen LogP contribution < -0.4 is 26.2 Å². The van der Waals surface area contributed by atoms with Crippen LogP contribution in [0.15, 0.2) is 47.3 Å². The van der Waals surface area contributed by atoms with E-state index in [-0.39, 0.29) is 23.8 Å². The SMILES string of the molecule is COc1ccccc1Nc1nc2c(c(=O)[nH]1)[C@H](C(=O)Nc1ccc(C)c(Cl)c1)CC(=O)N2. The Bertz CT molecular complexity index is 1270. The van der Waals surface area contributed by atoms with Crippen LogP contribution in [0.2, 0.25) is 5.02 Å². The molecule has 4 rings (SSSR count). The van der Waals surface area contributed by atoms with Gasteiger partial charge in [0.15, 0.2) is 0 Å². The molecule has 0 aliphatic carbocycles.